The highest BCUT2D eigenvalue weighted by molar-refractivity contribution is 9.09. The number of aromatic carboxylic acids is 1. The second-order valence-electron chi connectivity index (χ2n) is 2.10. The first-order valence-electron chi connectivity index (χ1n) is 3.35. The highest BCUT2D eigenvalue weighted by Crippen LogP contribution is 2.03. The summed E-state index contributed by atoms with van der Waals surface area (Å²) in [7, 11) is 0. The number of aryl methyl sites for hydroxylation is 1. The van der Waals surface area contributed by atoms with Crippen molar-refractivity contribution >= 4 is 21.9 Å². The van der Waals surface area contributed by atoms with Gasteiger partial charge in [0.15, 0.2) is 5.69 Å². The molecule has 0 aliphatic rings. The molecule has 0 unspecified atom stereocenters. The number of hydrogen-bond acceptors (Lipinski definition) is 3. The maximum absolute atomic E-state index is 10.6. The summed E-state index contributed by atoms with van der Waals surface area (Å²) in [5.41, 5.74) is 0.554. The Bertz CT molecular complexity index is 290. The number of hydrogen-bond donors (Lipinski definition) is 1. The highest BCUT2D eigenvalue weighted by Gasteiger charge is 2.10. The van der Waals surface area contributed by atoms with Gasteiger partial charge in [-0.1, -0.05) is 15.9 Å². The zero-order valence-corrected chi connectivity index (χ0v) is 7.78. The van der Waals surface area contributed by atoms with E-state index in [-0.39, 0.29) is 5.69 Å². The normalized spacial score (nSPS) is 9.75. The van der Waals surface area contributed by atoms with E-state index in [4.69, 9.17) is 5.11 Å². The molecule has 0 aromatic carbocycles. The van der Waals surface area contributed by atoms with Crippen LogP contribution in [0, 0.1) is 0 Å². The number of carbonyl (C=O) groups is 1. The van der Waals surface area contributed by atoms with Crippen molar-refractivity contribution in [2.45, 2.75) is 6.42 Å². The molecule has 0 atom stereocenters. The van der Waals surface area contributed by atoms with Crippen molar-refractivity contribution in [1.82, 2.24) is 9.97 Å². The maximum atomic E-state index is 10.6. The topological polar surface area (TPSA) is 63.1 Å². The predicted molar refractivity (Wildman–Crippen MR) is 46.5 cm³/mol. The molecule has 1 aromatic heterocycles. The molecule has 1 aromatic rings. The first-order valence-corrected chi connectivity index (χ1v) is 4.47. The molecule has 0 saturated carbocycles. The number of carboxylic acid groups (broad SMARTS) is 1. The van der Waals surface area contributed by atoms with Gasteiger partial charge in [0, 0.05) is 24.1 Å². The van der Waals surface area contributed by atoms with Gasteiger partial charge in [0.05, 0.1) is 5.69 Å². The minimum absolute atomic E-state index is 0.0388. The lowest BCUT2D eigenvalue weighted by atomic mass is 10.2. The molecule has 12 heavy (non-hydrogen) atoms. The Balaban J connectivity index is 3.00. The Morgan fingerprint density at radius 2 is 2.17 bits per heavy atom. The lowest BCUT2D eigenvalue weighted by molar-refractivity contribution is 0.0688. The third-order valence-electron chi connectivity index (χ3n) is 1.31. The number of alkyl halides is 1. The number of rotatable bonds is 3. The minimum Gasteiger partial charge on any atom is -0.476 e. The summed E-state index contributed by atoms with van der Waals surface area (Å²) in [6.07, 6.45) is 3.45. The van der Waals surface area contributed by atoms with Gasteiger partial charge in [-0.15, -0.1) is 0 Å². The lowest BCUT2D eigenvalue weighted by Crippen LogP contribution is -2.07. The molecule has 0 saturated heterocycles. The lowest BCUT2D eigenvalue weighted by Gasteiger charge is -1.99. The fourth-order valence-electron chi connectivity index (χ4n) is 0.818. The van der Waals surface area contributed by atoms with E-state index < -0.39 is 5.97 Å². The second kappa shape index (κ2) is 4.15. The van der Waals surface area contributed by atoms with Crippen LogP contribution in [0.1, 0.15) is 16.2 Å². The van der Waals surface area contributed by atoms with Crippen molar-refractivity contribution < 1.29 is 9.90 Å². The van der Waals surface area contributed by atoms with Gasteiger partial charge < -0.3 is 5.11 Å². The smallest absolute Gasteiger partial charge is 0.356 e. The molecule has 4 nitrogen and oxygen atoms in total. The molecule has 0 fully saturated rings. The molecule has 0 aliphatic heterocycles. The highest BCUT2D eigenvalue weighted by atomic mass is 79.9. The number of carboxylic acids is 1. The van der Waals surface area contributed by atoms with E-state index in [1.807, 2.05) is 0 Å². The van der Waals surface area contributed by atoms with E-state index in [1.165, 1.54) is 12.4 Å². The average molecular weight is 231 g/mol. The Hall–Kier alpha value is -0.970. The number of halogens is 1. The zero-order chi connectivity index (χ0) is 8.97. The van der Waals surface area contributed by atoms with Crippen molar-refractivity contribution in [3.63, 3.8) is 0 Å². The molecular weight excluding hydrogens is 224 g/mol. The predicted octanol–water partition coefficient (Wildman–Crippen LogP) is 1.11. The van der Waals surface area contributed by atoms with Crippen LogP contribution >= 0.6 is 15.9 Å². The van der Waals surface area contributed by atoms with Crippen LogP contribution in [-0.4, -0.2) is 26.4 Å². The van der Waals surface area contributed by atoms with Crippen LogP contribution in [-0.2, 0) is 6.42 Å². The van der Waals surface area contributed by atoms with E-state index >= 15 is 0 Å². The van der Waals surface area contributed by atoms with Gasteiger partial charge in [-0.05, 0) is 0 Å². The fraction of sp³-hybridized carbons (Fsp3) is 0.286. The first kappa shape index (κ1) is 9.12. The van der Waals surface area contributed by atoms with E-state index in [1.54, 1.807) is 0 Å². The third kappa shape index (κ3) is 2.01. The van der Waals surface area contributed by atoms with Gasteiger partial charge in [-0.25, -0.2) is 9.78 Å². The molecule has 5 heteroatoms. The van der Waals surface area contributed by atoms with Crippen LogP contribution in [0.5, 0.6) is 0 Å². The van der Waals surface area contributed by atoms with E-state index in [9.17, 15) is 4.79 Å². The molecule has 0 spiro atoms. The molecule has 0 radical (unpaired) electrons. The SMILES string of the molecule is O=C(O)c1nccnc1CCBr. The molecule has 0 aliphatic carbocycles. The molecule has 1 N–H and O–H groups in total. The number of nitrogens with zero attached hydrogens (tertiary/aromatic N) is 2. The van der Waals surface area contributed by atoms with Crippen LogP contribution in [0.4, 0.5) is 0 Å². The van der Waals surface area contributed by atoms with E-state index in [0.29, 0.717) is 17.4 Å². The van der Waals surface area contributed by atoms with Gasteiger partial charge in [0.25, 0.3) is 0 Å². The fourth-order valence-corrected chi connectivity index (χ4v) is 1.19. The summed E-state index contributed by atoms with van der Waals surface area (Å²) in [5.74, 6) is -1.03. The third-order valence-corrected chi connectivity index (χ3v) is 1.70. The van der Waals surface area contributed by atoms with Gasteiger partial charge in [0.2, 0.25) is 0 Å². The van der Waals surface area contributed by atoms with Crippen molar-refractivity contribution in [3.8, 4) is 0 Å². The molecular formula is C7H7BrN2O2. The van der Waals surface area contributed by atoms with Gasteiger partial charge in [-0.2, -0.15) is 0 Å². The molecule has 64 valence electrons. The summed E-state index contributed by atoms with van der Waals surface area (Å²) in [6, 6.07) is 0. The zero-order valence-electron chi connectivity index (χ0n) is 6.20. The Morgan fingerprint density at radius 3 is 2.75 bits per heavy atom. The Labute approximate surface area is 77.8 Å². The van der Waals surface area contributed by atoms with Crippen LogP contribution in [0.15, 0.2) is 12.4 Å². The van der Waals surface area contributed by atoms with Crippen molar-refractivity contribution in [2.75, 3.05) is 5.33 Å². The van der Waals surface area contributed by atoms with Crippen molar-refractivity contribution in [2.24, 2.45) is 0 Å². The molecule has 1 rings (SSSR count). The summed E-state index contributed by atoms with van der Waals surface area (Å²) < 4.78 is 0. The van der Waals surface area contributed by atoms with Crippen molar-refractivity contribution in [1.29, 1.82) is 0 Å². The largest absolute Gasteiger partial charge is 0.476 e. The van der Waals surface area contributed by atoms with E-state index in [2.05, 4.69) is 25.9 Å². The average Bonchev–Trinajstić information content (AvgIpc) is 2.05. The summed E-state index contributed by atoms with van der Waals surface area (Å²) >= 11 is 3.21. The Kier molecular flexibility index (Phi) is 3.16. The monoisotopic (exact) mass is 230 g/mol. The van der Waals surface area contributed by atoms with Crippen LogP contribution in [0.3, 0.4) is 0 Å². The van der Waals surface area contributed by atoms with Gasteiger partial charge >= 0.3 is 5.97 Å². The quantitative estimate of drug-likeness (QED) is 0.791. The maximum Gasteiger partial charge on any atom is 0.356 e. The van der Waals surface area contributed by atoms with Crippen LogP contribution in [0.25, 0.3) is 0 Å². The Morgan fingerprint density at radius 1 is 1.50 bits per heavy atom. The molecule has 0 amide bonds. The van der Waals surface area contributed by atoms with Gasteiger partial charge in [0.1, 0.15) is 0 Å². The first-order chi connectivity index (χ1) is 5.75. The molecule has 1 heterocycles. The summed E-state index contributed by atoms with van der Waals surface area (Å²) in [4.78, 5) is 18.2. The standard InChI is InChI=1S/C7H7BrN2O2/c8-2-1-5-6(7(11)12)10-4-3-9-5/h3-4H,1-2H2,(H,11,12). The molecule has 0 bridgehead atoms. The minimum atomic E-state index is -1.03. The van der Waals surface area contributed by atoms with Gasteiger partial charge in [-0.3, -0.25) is 4.98 Å². The second-order valence-corrected chi connectivity index (χ2v) is 2.89. The van der Waals surface area contributed by atoms with Crippen molar-refractivity contribution in [3.05, 3.63) is 23.8 Å². The van der Waals surface area contributed by atoms with Crippen LogP contribution in [0.2, 0.25) is 0 Å². The summed E-state index contributed by atoms with van der Waals surface area (Å²) in [6.45, 7) is 0. The van der Waals surface area contributed by atoms with E-state index in [0.717, 1.165) is 0 Å². The van der Waals surface area contributed by atoms with Crippen LogP contribution < -0.4 is 0 Å². The summed E-state index contributed by atoms with van der Waals surface area (Å²) in [5, 5.41) is 9.36. The number of aromatic nitrogens is 2.